The Labute approximate surface area is 108 Å². The van der Waals surface area contributed by atoms with E-state index < -0.39 is 0 Å². The molecule has 0 spiro atoms. The summed E-state index contributed by atoms with van der Waals surface area (Å²) in [5, 5.41) is 4.76. The molecule has 1 saturated heterocycles. The van der Waals surface area contributed by atoms with Gasteiger partial charge in [0.25, 0.3) is 0 Å². The van der Waals surface area contributed by atoms with Crippen molar-refractivity contribution < 1.29 is 4.74 Å². The van der Waals surface area contributed by atoms with Crippen molar-refractivity contribution in [1.29, 1.82) is 0 Å². The molecule has 0 aromatic carbocycles. The molecule has 1 aliphatic carbocycles. The van der Waals surface area contributed by atoms with Crippen molar-refractivity contribution in [2.24, 2.45) is 4.99 Å². The van der Waals surface area contributed by atoms with E-state index in [1.54, 1.807) is 0 Å². The maximum atomic E-state index is 5.84. The van der Waals surface area contributed by atoms with Crippen LogP contribution in [0.15, 0.2) is 4.99 Å². The van der Waals surface area contributed by atoms with Crippen molar-refractivity contribution in [2.45, 2.75) is 69.7 Å². The second-order valence-electron chi connectivity index (χ2n) is 5.49. The van der Waals surface area contributed by atoms with Crippen LogP contribution in [0.5, 0.6) is 0 Å². The summed E-state index contributed by atoms with van der Waals surface area (Å²) in [5.41, 5.74) is 0. The number of nitrogens with one attached hydrogen (secondary N) is 1. The number of amidine groups is 1. The van der Waals surface area contributed by atoms with Gasteiger partial charge in [0.1, 0.15) is 0 Å². The van der Waals surface area contributed by atoms with Gasteiger partial charge in [0.05, 0.1) is 24.3 Å². The number of hydrogen-bond donors (Lipinski definition) is 1. The SMILES string of the molecule is C[C@@H]1CC[C@H](CSC2=N[C@H]3CCCC[C@@H]3N2)O1. The molecular weight excluding hydrogens is 232 g/mol. The minimum atomic E-state index is 0.446. The number of hydrogen-bond acceptors (Lipinski definition) is 4. The Bertz CT molecular complexity index is 308. The standard InChI is InChI=1S/C13H22N2OS/c1-9-6-7-10(16-9)8-17-13-14-11-4-2-3-5-12(11)15-13/h9-12H,2-8H2,1H3,(H,14,15)/t9-,10-,11+,12+/m1/s1. The van der Waals surface area contributed by atoms with E-state index >= 15 is 0 Å². The fourth-order valence-corrected chi connectivity index (χ4v) is 4.07. The molecule has 1 saturated carbocycles. The van der Waals surface area contributed by atoms with Crippen LogP contribution in [0.4, 0.5) is 0 Å². The van der Waals surface area contributed by atoms with Gasteiger partial charge in [-0.2, -0.15) is 0 Å². The number of ether oxygens (including phenoxy) is 1. The minimum absolute atomic E-state index is 0.446. The van der Waals surface area contributed by atoms with Crippen molar-refractivity contribution in [3.63, 3.8) is 0 Å². The minimum Gasteiger partial charge on any atom is -0.374 e. The van der Waals surface area contributed by atoms with Crippen molar-refractivity contribution in [2.75, 3.05) is 5.75 Å². The molecule has 3 rings (SSSR count). The van der Waals surface area contributed by atoms with E-state index in [-0.39, 0.29) is 0 Å². The van der Waals surface area contributed by atoms with E-state index in [2.05, 4.69) is 12.2 Å². The van der Waals surface area contributed by atoms with Crippen LogP contribution in [-0.4, -0.2) is 35.2 Å². The van der Waals surface area contributed by atoms with Gasteiger partial charge in [0.15, 0.2) is 5.17 Å². The molecule has 0 aromatic rings. The smallest absolute Gasteiger partial charge is 0.157 e. The number of rotatable bonds is 2. The van der Waals surface area contributed by atoms with E-state index in [0.29, 0.717) is 24.3 Å². The number of thioether (sulfide) groups is 1. The first kappa shape index (κ1) is 11.8. The molecule has 17 heavy (non-hydrogen) atoms. The maximum absolute atomic E-state index is 5.84. The lowest BCUT2D eigenvalue weighted by atomic mass is 9.92. The average Bonchev–Trinajstić information content (AvgIpc) is 2.91. The van der Waals surface area contributed by atoms with Gasteiger partial charge in [-0.1, -0.05) is 24.6 Å². The predicted octanol–water partition coefficient (Wildman–Crippen LogP) is 2.56. The third-order valence-corrected chi connectivity index (χ3v) is 5.08. The summed E-state index contributed by atoms with van der Waals surface area (Å²) in [6, 6.07) is 1.20. The number of nitrogens with zero attached hydrogens (tertiary/aromatic N) is 1. The Morgan fingerprint density at radius 2 is 2.18 bits per heavy atom. The Kier molecular flexibility index (Phi) is 3.61. The average molecular weight is 254 g/mol. The van der Waals surface area contributed by atoms with Crippen LogP contribution in [0.3, 0.4) is 0 Å². The normalized spacial score (nSPS) is 40.9. The van der Waals surface area contributed by atoms with Crippen molar-refractivity contribution in [3.05, 3.63) is 0 Å². The van der Waals surface area contributed by atoms with Crippen LogP contribution < -0.4 is 5.32 Å². The second kappa shape index (κ2) is 5.19. The first-order chi connectivity index (χ1) is 8.31. The molecule has 0 radical (unpaired) electrons. The first-order valence-corrected chi connectivity index (χ1v) is 7.92. The molecule has 1 N–H and O–H groups in total. The lowest BCUT2D eigenvalue weighted by Crippen LogP contribution is -2.36. The van der Waals surface area contributed by atoms with Crippen LogP contribution in [-0.2, 0) is 4.74 Å². The molecule has 3 aliphatic rings. The molecule has 2 heterocycles. The van der Waals surface area contributed by atoms with E-state index in [1.807, 2.05) is 11.8 Å². The fourth-order valence-electron chi connectivity index (χ4n) is 3.04. The summed E-state index contributed by atoms with van der Waals surface area (Å²) in [4.78, 5) is 4.80. The van der Waals surface area contributed by atoms with Gasteiger partial charge in [-0.15, -0.1) is 0 Å². The van der Waals surface area contributed by atoms with Crippen molar-refractivity contribution >= 4 is 16.9 Å². The molecule has 4 atom stereocenters. The molecular formula is C13H22N2OS. The van der Waals surface area contributed by atoms with Gasteiger partial charge in [0.2, 0.25) is 0 Å². The summed E-state index contributed by atoms with van der Waals surface area (Å²) in [7, 11) is 0. The van der Waals surface area contributed by atoms with Crippen LogP contribution in [0.25, 0.3) is 0 Å². The van der Waals surface area contributed by atoms with Gasteiger partial charge < -0.3 is 10.1 Å². The Hall–Kier alpha value is -0.220. The third kappa shape index (κ3) is 2.79. The van der Waals surface area contributed by atoms with Crippen LogP contribution in [0.2, 0.25) is 0 Å². The molecule has 96 valence electrons. The van der Waals surface area contributed by atoms with E-state index in [1.165, 1.54) is 43.7 Å². The lowest BCUT2D eigenvalue weighted by molar-refractivity contribution is 0.0701. The predicted molar refractivity (Wildman–Crippen MR) is 72.6 cm³/mol. The Balaban J connectivity index is 1.46. The van der Waals surface area contributed by atoms with E-state index in [9.17, 15) is 0 Å². The highest BCUT2D eigenvalue weighted by atomic mass is 32.2. The Morgan fingerprint density at radius 1 is 1.29 bits per heavy atom. The maximum Gasteiger partial charge on any atom is 0.157 e. The molecule has 0 aromatic heterocycles. The van der Waals surface area contributed by atoms with Crippen molar-refractivity contribution in [1.82, 2.24) is 5.32 Å². The van der Waals surface area contributed by atoms with Gasteiger partial charge in [-0.05, 0) is 32.6 Å². The molecule has 2 fully saturated rings. The zero-order chi connectivity index (χ0) is 11.7. The fraction of sp³-hybridized carbons (Fsp3) is 0.923. The van der Waals surface area contributed by atoms with Gasteiger partial charge >= 0.3 is 0 Å². The molecule has 4 heteroatoms. The number of fused-ring (bicyclic) bond motifs is 1. The third-order valence-electron chi connectivity index (χ3n) is 4.05. The number of aliphatic imine (C=N–C) groups is 1. The van der Waals surface area contributed by atoms with E-state index in [0.717, 1.165) is 5.75 Å². The summed E-state index contributed by atoms with van der Waals surface area (Å²) < 4.78 is 5.84. The lowest BCUT2D eigenvalue weighted by Gasteiger charge is -2.23. The highest BCUT2D eigenvalue weighted by molar-refractivity contribution is 8.13. The van der Waals surface area contributed by atoms with E-state index in [4.69, 9.17) is 9.73 Å². The zero-order valence-corrected chi connectivity index (χ0v) is 11.3. The molecule has 3 nitrogen and oxygen atoms in total. The monoisotopic (exact) mass is 254 g/mol. The highest BCUT2D eigenvalue weighted by Gasteiger charge is 2.31. The zero-order valence-electron chi connectivity index (χ0n) is 10.5. The summed E-state index contributed by atoms with van der Waals surface area (Å²) >= 11 is 1.86. The Morgan fingerprint density at radius 3 is 2.94 bits per heavy atom. The second-order valence-corrected chi connectivity index (χ2v) is 6.50. The van der Waals surface area contributed by atoms with Crippen LogP contribution in [0.1, 0.15) is 45.4 Å². The van der Waals surface area contributed by atoms with Crippen LogP contribution in [0, 0.1) is 0 Å². The molecule has 2 aliphatic heterocycles. The summed E-state index contributed by atoms with van der Waals surface area (Å²) in [5.74, 6) is 1.07. The van der Waals surface area contributed by atoms with Crippen molar-refractivity contribution in [3.8, 4) is 0 Å². The summed E-state index contributed by atoms with van der Waals surface area (Å²) in [6.07, 6.45) is 8.64. The first-order valence-electron chi connectivity index (χ1n) is 6.94. The molecule has 0 unspecified atom stereocenters. The van der Waals surface area contributed by atoms with Gasteiger partial charge in [-0.3, -0.25) is 4.99 Å². The topological polar surface area (TPSA) is 33.6 Å². The highest BCUT2D eigenvalue weighted by Crippen LogP contribution is 2.28. The molecule has 0 amide bonds. The molecule has 0 bridgehead atoms. The van der Waals surface area contributed by atoms with Gasteiger partial charge in [0, 0.05) is 5.75 Å². The van der Waals surface area contributed by atoms with Gasteiger partial charge in [-0.25, -0.2) is 0 Å². The largest absolute Gasteiger partial charge is 0.374 e. The van der Waals surface area contributed by atoms with Crippen LogP contribution >= 0.6 is 11.8 Å². The quantitative estimate of drug-likeness (QED) is 0.822. The summed E-state index contributed by atoms with van der Waals surface area (Å²) in [6.45, 7) is 2.17.